The highest BCUT2D eigenvalue weighted by atomic mass is 19.2. The van der Waals surface area contributed by atoms with Gasteiger partial charge in [0.2, 0.25) is 0 Å². The zero-order chi connectivity index (χ0) is 26.3. The number of aliphatic hydroxyl groups is 1. The fraction of sp³-hybridized carbons (Fsp3) is 0.160. The molecule has 188 valence electrons. The molecule has 0 saturated carbocycles. The minimum atomic E-state index is -1.10. The van der Waals surface area contributed by atoms with Crippen molar-refractivity contribution in [1.82, 2.24) is 25.2 Å². The number of amides is 2. The van der Waals surface area contributed by atoms with Crippen molar-refractivity contribution in [1.29, 1.82) is 0 Å². The maximum absolute atomic E-state index is 13.5. The number of carboxylic acid groups (broad SMARTS) is 1. The molecule has 0 aliphatic heterocycles. The number of carbonyl (C=O) groups is 3. The number of aromatic nitrogens is 3. The summed E-state index contributed by atoms with van der Waals surface area (Å²) >= 11 is 0. The highest BCUT2D eigenvalue weighted by Crippen LogP contribution is 2.32. The molecule has 2 aromatic heterocycles. The van der Waals surface area contributed by atoms with E-state index in [2.05, 4.69) is 20.7 Å². The van der Waals surface area contributed by atoms with Gasteiger partial charge in [-0.2, -0.15) is 5.10 Å². The summed E-state index contributed by atoms with van der Waals surface area (Å²) < 4.78 is 27.8. The normalized spacial score (nSPS) is 16.4. The summed E-state index contributed by atoms with van der Waals surface area (Å²) in [5.41, 5.74) is 1.66. The molecule has 0 bridgehead atoms. The summed E-state index contributed by atoms with van der Waals surface area (Å²) in [5.74, 6) is -4.45. The summed E-state index contributed by atoms with van der Waals surface area (Å²) in [6.45, 7) is -0.104. The van der Waals surface area contributed by atoms with Crippen LogP contribution in [0.25, 0.3) is 5.65 Å². The van der Waals surface area contributed by atoms with Gasteiger partial charge in [-0.25, -0.2) is 23.1 Å². The number of nitrogens with one attached hydrogen (secondary N) is 2. The van der Waals surface area contributed by atoms with E-state index in [1.165, 1.54) is 41.0 Å². The number of hydrogen-bond donors (Lipinski definition) is 4. The summed E-state index contributed by atoms with van der Waals surface area (Å²) in [5, 5.41) is 29.1. The lowest BCUT2D eigenvalue weighted by Gasteiger charge is -2.18. The van der Waals surface area contributed by atoms with E-state index in [0.717, 1.165) is 12.1 Å². The molecule has 4 N–H and O–H groups in total. The van der Waals surface area contributed by atoms with Crippen molar-refractivity contribution in [2.24, 2.45) is 0 Å². The first kappa shape index (κ1) is 24.0. The molecule has 1 aliphatic carbocycles. The SMILES string of the molecule is O=C(O)c1ccc2c(c1)C[C@@H](O)[C@@H]2NC(=O)c1cc(C(=O)NCc2ccc(F)c(F)c2)nc2ccnn12. The zero-order valence-corrected chi connectivity index (χ0v) is 19.0. The lowest BCUT2D eigenvalue weighted by molar-refractivity contribution is 0.0696. The number of benzene rings is 2. The Labute approximate surface area is 207 Å². The molecule has 10 nitrogen and oxygen atoms in total. The molecule has 12 heteroatoms. The van der Waals surface area contributed by atoms with E-state index >= 15 is 0 Å². The van der Waals surface area contributed by atoms with Crippen molar-refractivity contribution in [2.45, 2.75) is 25.1 Å². The van der Waals surface area contributed by atoms with Gasteiger partial charge >= 0.3 is 5.97 Å². The van der Waals surface area contributed by atoms with E-state index in [9.17, 15) is 33.4 Å². The molecule has 2 aromatic carbocycles. The van der Waals surface area contributed by atoms with Crippen molar-refractivity contribution >= 4 is 23.4 Å². The third-order valence-corrected chi connectivity index (χ3v) is 6.09. The molecule has 0 unspecified atom stereocenters. The minimum absolute atomic E-state index is 0.0317. The lowest BCUT2D eigenvalue weighted by Crippen LogP contribution is -2.35. The van der Waals surface area contributed by atoms with Crippen molar-refractivity contribution in [3.05, 3.63) is 100 Å². The number of fused-ring (bicyclic) bond motifs is 2. The number of carbonyl (C=O) groups excluding carboxylic acids is 2. The van der Waals surface area contributed by atoms with E-state index in [1.807, 2.05) is 0 Å². The second-order valence-electron chi connectivity index (χ2n) is 8.50. The van der Waals surface area contributed by atoms with Gasteiger partial charge < -0.3 is 20.8 Å². The van der Waals surface area contributed by atoms with E-state index < -0.39 is 41.6 Å². The first-order valence-electron chi connectivity index (χ1n) is 11.1. The van der Waals surface area contributed by atoms with Crippen LogP contribution in [0.2, 0.25) is 0 Å². The van der Waals surface area contributed by atoms with Crippen LogP contribution in [-0.2, 0) is 13.0 Å². The summed E-state index contributed by atoms with van der Waals surface area (Å²) in [6.07, 6.45) is 0.568. The Kier molecular flexibility index (Phi) is 6.09. The van der Waals surface area contributed by atoms with Gasteiger partial charge in [-0.05, 0) is 41.0 Å². The predicted octanol–water partition coefficient (Wildman–Crippen LogP) is 2.02. The number of rotatable bonds is 6. The molecule has 0 radical (unpaired) electrons. The first-order chi connectivity index (χ1) is 17.7. The molecule has 2 atom stereocenters. The van der Waals surface area contributed by atoms with Crippen LogP contribution in [0.4, 0.5) is 8.78 Å². The summed E-state index contributed by atoms with van der Waals surface area (Å²) in [4.78, 5) is 41.5. The van der Waals surface area contributed by atoms with Crippen LogP contribution < -0.4 is 10.6 Å². The van der Waals surface area contributed by atoms with Gasteiger partial charge in [0.15, 0.2) is 17.3 Å². The molecule has 0 spiro atoms. The molecule has 2 heterocycles. The minimum Gasteiger partial charge on any atom is -0.478 e. The number of aromatic carboxylic acids is 1. The van der Waals surface area contributed by atoms with Gasteiger partial charge in [-0.3, -0.25) is 9.59 Å². The fourth-order valence-corrected chi connectivity index (χ4v) is 4.27. The molecular formula is C25H19F2N5O5. The van der Waals surface area contributed by atoms with Crippen LogP contribution in [-0.4, -0.2) is 48.7 Å². The van der Waals surface area contributed by atoms with Gasteiger partial charge in [-0.1, -0.05) is 12.1 Å². The number of carboxylic acids is 1. The van der Waals surface area contributed by atoms with Crippen molar-refractivity contribution in [3.63, 3.8) is 0 Å². The maximum Gasteiger partial charge on any atom is 0.335 e. The quantitative estimate of drug-likeness (QED) is 0.312. The number of hydrogen-bond acceptors (Lipinski definition) is 6. The van der Waals surface area contributed by atoms with Crippen LogP contribution in [0, 0.1) is 11.6 Å². The molecular weight excluding hydrogens is 488 g/mol. The average Bonchev–Trinajstić information content (AvgIpc) is 3.47. The largest absolute Gasteiger partial charge is 0.478 e. The lowest BCUT2D eigenvalue weighted by atomic mass is 10.0. The summed E-state index contributed by atoms with van der Waals surface area (Å²) in [7, 11) is 0. The monoisotopic (exact) mass is 507 g/mol. The molecule has 5 rings (SSSR count). The van der Waals surface area contributed by atoms with Crippen LogP contribution >= 0.6 is 0 Å². The highest BCUT2D eigenvalue weighted by Gasteiger charge is 2.33. The Morgan fingerprint density at radius 2 is 1.84 bits per heavy atom. The summed E-state index contributed by atoms with van der Waals surface area (Å²) in [6, 6.07) is 9.56. The van der Waals surface area contributed by atoms with Gasteiger partial charge in [0.05, 0.1) is 23.9 Å². The topological polar surface area (TPSA) is 146 Å². The average molecular weight is 507 g/mol. The van der Waals surface area contributed by atoms with Crippen LogP contribution in [0.5, 0.6) is 0 Å². The van der Waals surface area contributed by atoms with Gasteiger partial charge in [-0.15, -0.1) is 0 Å². The molecule has 2 amide bonds. The van der Waals surface area contributed by atoms with Gasteiger partial charge in [0, 0.05) is 25.1 Å². The number of nitrogens with zero attached hydrogens (tertiary/aromatic N) is 3. The van der Waals surface area contributed by atoms with E-state index in [1.54, 1.807) is 6.07 Å². The Balaban J connectivity index is 1.38. The molecule has 0 fully saturated rings. The van der Waals surface area contributed by atoms with Crippen LogP contribution in [0.1, 0.15) is 54.1 Å². The van der Waals surface area contributed by atoms with Gasteiger partial charge in [0.1, 0.15) is 11.4 Å². The second-order valence-corrected chi connectivity index (χ2v) is 8.50. The Bertz CT molecular complexity index is 1570. The van der Waals surface area contributed by atoms with Crippen molar-refractivity contribution in [2.75, 3.05) is 0 Å². The van der Waals surface area contributed by atoms with E-state index in [-0.39, 0.29) is 35.6 Å². The molecule has 37 heavy (non-hydrogen) atoms. The van der Waals surface area contributed by atoms with Crippen LogP contribution in [0.3, 0.4) is 0 Å². The zero-order valence-electron chi connectivity index (χ0n) is 19.0. The Hall–Kier alpha value is -4.71. The molecule has 0 saturated heterocycles. The predicted molar refractivity (Wildman–Crippen MR) is 124 cm³/mol. The Morgan fingerprint density at radius 3 is 2.59 bits per heavy atom. The van der Waals surface area contributed by atoms with Crippen LogP contribution in [0.15, 0.2) is 54.7 Å². The van der Waals surface area contributed by atoms with Crippen molar-refractivity contribution in [3.8, 4) is 0 Å². The first-order valence-corrected chi connectivity index (χ1v) is 11.1. The third kappa shape index (κ3) is 4.61. The third-order valence-electron chi connectivity index (χ3n) is 6.09. The van der Waals surface area contributed by atoms with Crippen molar-refractivity contribution < 1.29 is 33.4 Å². The highest BCUT2D eigenvalue weighted by molar-refractivity contribution is 5.98. The maximum atomic E-state index is 13.5. The second kappa shape index (κ2) is 9.39. The molecule has 1 aliphatic rings. The smallest absolute Gasteiger partial charge is 0.335 e. The standard InChI is InChI=1S/C25H19F2N5O5/c26-16-4-1-12(7-17(16)27)11-28-23(34)18-10-19(32-21(30-18)5-6-29-32)24(35)31-22-15-3-2-13(25(36)37)8-14(15)9-20(22)33/h1-8,10,20,22,33H,9,11H2,(H,28,34)(H,31,35)(H,36,37)/t20-,22-/m1/s1. The number of halogens is 2. The van der Waals surface area contributed by atoms with E-state index in [4.69, 9.17) is 0 Å². The fourth-order valence-electron chi connectivity index (χ4n) is 4.27. The van der Waals surface area contributed by atoms with Gasteiger partial charge in [0.25, 0.3) is 11.8 Å². The Morgan fingerprint density at radius 1 is 1.03 bits per heavy atom. The van der Waals surface area contributed by atoms with E-state index in [0.29, 0.717) is 16.7 Å². The molecule has 4 aromatic rings. The number of aliphatic hydroxyl groups excluding tert-OH is 1.